The maximum Gasteiger partial charge on any atom is 0.240 e. The minimum atomic E-state index is -0.415. The van der Waals surface area contributed by atoms with Gasteiger partial charge in [-0.2, -0.15) is 115 Å². The van der Waals surface area contributed by atoms with Crippen LogP contribution in [0.1, 0.15) is 127 Å². The third-order valence-electron chi connectivity index (χ3n) is 20.1. The summed E-state index contributed by atoms with van der Waals surface area (Å²) in [7, 11) is 0. The molecule has 4 aliphatic rings. The van der Waals surface area contributed by atoms with Crippen molar-refractivity contribution in [3.05, 3.63) is 454 Å². The first-order valence-electron chi connectivity index (χ1n) is 37.7. The van der Waals surface area contributed by atoms with Gasteiger partial charge in [0.15, 0.2) is 5.78 Å². The third kappa shape index (κ3) is 18.1. The number of anilines is 4. The fourth-order valence-electron chi connectivity index (χ4n) is 14.1. The molecule has 0 N–H and O–H groups in total. The molecule has 582 valence electrons. The van der Waals surface area contributed by atoms with Gasteiger partial charge in [-0.1, -0.05) is 147 Å². The predicted molar refractivity (Wildman–Crippen MR) is 451 cm³/mol. The minimum Gasteiger partial charge on any atom is -0.483 e. The van der Waals surface area contributed by atoms with E-state index in [-0.39, 0.29) is 128 Å². The van der Waals surface area contributed by atoms with Crippen LogP contribution in [0.5, 0.6) is 34.5 Å². The summed E-state index contributed by atoms with van der Waals surface area (Å²) in [4.78, 5) is 120. The molecule has 15 aromatic carbocycles. The first-order chi connectivity index (χ1) is 58.1. The third-order valence-corrected chi connectivity index (χ3v) is 20.1. The smallest absolute Gasteiger partial charge is 0.240 e. The summed E-state index contributed by atoms with van der Waals surface area (Å²) >= 11 is 0. The van der Waals surface area contributed by atoms with E-state index < -0.39 is 11.8 Å². The van der Waals surface area contributed by atoms with Crippen LogP contribution in [-0.4, -0.2) is 53.0 Å². The average Bonchev–Trinajstić information content (AvgIpc) is 1.61. The fourth-order valence-corrected chi connectivity index (χ4v) is 14.1. The number of benzene rings is 15. The van der Waals surface area contributed by atoms with Gasteiger partial charge in [-0.25, -0.2) is 0 Å². The molecule has 15 aromatic rings. The molecule has 0 unspecified atom stereocenters. The van der Waals surface area contributed by atoms with Gasteiger partial charge in [-0.3, -0.25) is 62.8 Å². The molecule has 0 aromatic heterocycles. The number of amides is 8. The number of aryl methyl sites for hydroxylation is 1. The van der Waals surface area contributed by atoms with Crippen molar-refractivity contribution in [3.8, 4) is 68.6 Å². The van der Waals surface area contributed by atoms with Gasteiger partial charge in [-0.05, 0) is 204 Å². The summed E-state index contributed by atoms with van der Waals surface area (Å²) < 4.78 is 18.0. The Morgan fingerprint density at radius 1 is 0.287 bits per heavy atom. The number of ketones is 1. The molecule has 19 rings (SSSR count). The number of ether oxygens (including phenoxy) is 3. The Labute approximate surface area is 767 Å². The SMILES string of the molecule is Cc1cc(C(=O)c2ccc(C#Cc3ccccc3)cc2)cc(N2C(=O)c3c[c-]ccc3C2=O)c1.O=C1c2c[c-]ccc2C(=O)N1c1ccc(Cc2ccc(N3C(=O)c4c[c-]ccc4C3=O)cc2)cc1.O=C1c2c[c-]ccc2C(=O)N1c1ccc(Oc2ccc(-c3ccc(Oc4ccc(-c5ccc(Oc6cc[c-]cc6)cc5)cc4)cc3)cc2)cc1.[W].[Y].[Y]. The molecular weight excluding hydrogens is 1850 g/mol. The second-order valence-electron chi connectivity index (χ2n) is 27.9. The van der Waals surface area contributed by atoms with Crippen molar-refractivity contribution in [1.29, 1.82) is 0 Å². The van der Waals surface area contributed by atoms with Crippen molar-refractivity contribution < 1.29 is 144 Å². The van der Waals surface area contributed by atoms with Crippen LogP contribution in [0.25, 0.3) is 22.3 Å². The van der Waals surface area contributed by atoms with Crippen LogP contribution in [0, 0.1) is 49.1 Å². The number of carbonyl (C=O) groups excluding carboxylic acids is 9. The minimum absolute atomic E-state index is 0. The number of carbonyl (C=O) groups is 9. The van der Waals surface area contributed by atoms with Crippen molar-refractivity contribution in [2.45, 2.75) is 13.3 Å². The van der Waals surface area contributed by atoms with E-state index in [2.05, 4.69) is 42.2 Å². The average molecular weight is 1910 g/mol. The standard InChI is InChI=1S/C44H27NO5.C30H18NO3.C29H16N2O4.W.2Y/c46-43-41-8-4-5-9-42(41)44(47)45(43)34-18-28-40(29-19-34)50-39-26-16-33(17-27-39)32-14-24-38(25-15-32)49-37-22-12-31(13-23-37)30-10-20-36(21-11-30)48-35-6-2-1-3-7-35;1-20-17-24(19-25(18-20)31-29(33)26-9-5-6-10-27(26)30(31)34)28(32)23-15-13-22(14-16-23)12-11-21-7-3-2-4-8-21;32-26-22-5-1-2-6-23(22)27(33)30(26)20-13-9-18(10-14-20)17-19-11-15-21(16-12-19)31-28(34)24-7-3-4-8-25(24)29(31)35;;;/h2-4,6-29H;2-5,7-10,13-19H,1H3;1,3,5-16H,17H2;;;/q-2;-1;-2;;;. The number of imide groups is 4. The molecule has 0 fully saturated rings. The molecule has 122 heavy (non-hydrogen) atoms. The molecule has 16 nitrogen and oxygen atoms in total. The van der Waals surface area contributed by atoms with E-state index in [1.54, 1.807) is 146 Å². The molecule has 0 aliphatic carbocycles. The first-order valence-corrected chi connectivity index (χ1v) is 37.7. The molecular formula is C103H61N4O12WY2-5. The van der Waals surface area contributed by atoms with E-state index in [0.29, 0.717) is 96.3 Å². The van der Waals surface area contributed by atoms with Gasteiger partial charge >= 0.3 is 0 Å². The molecule has 0 spiro atoms. The summed E-state index contributed by atoms with van der Waals surface area (Å²) in [6.07, 6.45) is 0.606. The zero-order chi connectivity index (χ0) is 81.6. The van der Waals surface area contributed by atoms with E-state index in [4.69, 9.17) is 14.2 Å². The first kappa shape index (κ1) is 84.8. The van der Waals surface area contributed by atoms with Crippen LogP contribution in [0.4, 0.5) is 22.7 Å². The molecule has 19 heteroatoms. The Morgan fingerprint density at radius 3 is 0.910 bits per heavy atom. The van der Waals surface area contributed by atoms with Crippen LogP contribution in [-0.2, 0) is 92.9 Å². The van der Waals surface area contributed by atoms with Gasteiger partial charge in [0.1, 0.15) is 28.7 Å². The number of fused-ring (bicyclic) bond motifs is 4. The fraction of sp³-hybridized carbons (Fsp3) is 0.0194. The maximum atomic E-state index is 13.2. The van der Waals surface area contributed by atoms with Crippen LogP contribution >= 0.6 is 0 Å². The number of hydrogen-bond acceptors (Lipinski definition) is 12. The molecule has 8 amide bonds. The van der Waals surface area contributed by atoms with Crippen LogP contribution in [0.15, 0.2) is 340 Å². The van der Waals surface area contributed by atoms with Gasteiger partial charge in [0.2, 0.25) is 47.3 Å². The van der Waals surface area contributed by atoms with Gasteiger partial charge in [0.25, 0.3) is 0 Å². The second-order valence-corrected chi connectivity index (χ2v) is 27.9. The van der Waals surface area contributed by atoms with Crippen molar-refractivity contribution in [2.24, 2.45) is 0 Å². The number of nitrogens with zero attached hydrogens (tertiary/aromatic N) is 4. The van der Waals surface area contributed by atoms with Crippen molar-refractivity contribution in [3.63, 3.8) is 0 Å². The molecule has 2 radical (unpaired) electrons. The van der Waals surface area contributed by atoms with Gasteiger partial charge in [-0.15, -0.1) is 12.1 Å². The normalized spacial score (nSPS) is 12.5. The maximum absolute atomic E-state index is 13.2. The molecule has 0 bridgehead atoms. The van der Waals surface area contributed by atoms with Crippen LogP contribution in [0.3, 0.4) is 0 Å². The molecule has 0 saturated carbocycles. The molecule has 0 saturated heterocycles. The van der Waals surface area contributed by atoms with Crippen LogP contribution < -0.4 is 33.8 Å². The Hall–Kier alpha value is -13.6. The summed E-state index contributed by atoms with van der Waals surface area (Å²) in [5, 5.41) is 0. The van der Waals surface area contributed by atoms with E-state index in [0.717, 1.165) is 78.0 Å². The zero-order valence-electron chi connectivity index (χ0n) is 64.8. The number of hydrogen-bond donors (Lipinski definition) is 0. The largest absolute Gasteiger partial charge is 0.483 e. The molecule has 4 aliphatic heterocycles. The number of rotatable bonds is 16. The van der Waals surface area contributed by atoms with Gasteiger partial charge in [0, 0.05) is 114 Å². The second kappa shape index (κ2) is 37.8. The molecule has 0 atom stereocenters. The topological polar surface area (TPSA) is 194 Å². The summed E-state index contributed by atoms with van der Waals surface area (Å²) in [6, 6.07) is 116. The van der Waals surface area contributed by atoms with Crippen molar-refractivity contribution in [1.82, 2.24) is 0 Å². The van der Waals surface area contributed by atoms with E-state index in [9.17, 15) is 43.2 Å². The quantitative estimate of drug-likeness (QED) is 0.0385. The monoisotopic (exact) mass is 1910 g/mol. The molecule has 4 heterocycles. The Morgan fingerprint density at radius 2 is 0.574 bits per heavy atom. The van der Waals surface area contributed by atoms with E-state index >= 15 is 0 Å². The summed E-state index contributed by atoms with van der Waals surface area (Å²) in [5.41, 5.74) is 14.4. The van der Waals surface area contributed by atoms with Crippen LogP contribution in [0.2, 0.25) is 0 Å². The van der Waals surface area contributed by atoms with Crippen molar-refractivity contribution >= 4 is 75.8 Å². The van der Waals surface area contributed by atoms with E-state index in [1.165, 1.54) is 32.9 Å². The van der Waals surface area contributed by atoms with Gasteiger partial charge < -0.3 is 14.2 Å². The Balaban J connectivity index is 0.000000151. The summed E-state index contributed by atoms with van der Waals surface area (Å²) in [5.74, 6) is 7.40. The van der Waals surface area contributed by atoms with E-state index in [1.807, 2.05) is 183 Å². The summed E-state index contributed by atoms with van der Waals surface area (Å²) in [6.45, 7) is 1.83. The van der Waals surface area contributed by atoms with Crippen molar-refractivity contribution in [2.75, 3.05) is 19.6 Å². The Kier molecular flexibility index (Phi) is 26.3. The Bertz CT molecular complexity index is 6350. The zero-order valence-corrected chi connectivity index (χ0v) is 73.4. The predicted octanol–water partition coefficient (Wildman–Crippen LogP) is 20.5. The van der Waals surface area contributed by atoms with Gasteiger partial charge in [0.05, 0.1) is 22.7 Å².